The fourth-order valence-electron chi connectivity index (χ4n) is 8.36. The number of hydrogen-bond acceptors (Lipinski definition) is 1. The first-order valence-corrected chi connectivity index (χ1v) is 16.9. The summed E-state index contributed by atoms with van der Waals surface area (Å²) in [6.07, 6.45) is 0. The standard InChI is InChI=1S/C46H29N3/c1-3-16-34-30(12-1)14-9-19-35(34)32-26-28-33(29-27-32)47(38-23-10-15-31-13-2-4-17-36(31)38)42-24-11-25-43-45(42)44-37-18-5-6-20-39(37)48-40-21-7-8-22-41(40)49(43)46(44)48/h1-29H. The van der Waals surface area contributed by atoms with Crippen LogP contribution >= 0.6 is 0 Å². The summed E-state index contributed by atoms with van der Waals surface area (Å²) < 4.78 is 4.92. The Morgan fingerprint density at radius 1 is 0.347 bits per heavy atom. The molecule has 0 aliphatic carbocycles. The number of para-hydroxylation sites is 3. The van der Waals surface area contributed by atoms with Crippen molar-refractivity contribution < 1.29 is 0 Å². The van der Waals surface area contributed by atoms with Crippen LogP contribution in [-0.4, -0.2) is 8.80 Å². The zero-order valence-corrected chi connectivity index (χ0v) is 26.6. The van der Waals surface area contributed by atoms with Gasteiger partial charge in [0.25, 0.3) is 0 Å². The molecule has 0 spiro atoms. The summed E-state index contributed by atoms with van der Waals surface area (Å²) in [6.45, 7) is 0. The molecule has 0 aliphatic heterocycles. The maximum atomic E-state index is 2.47. The summed E-state index contributed by atoms with van der Waals surface area (Å²) in [5.74, 6) is 0. The predicted octanol–water partition coefficient (Wildman–Crippen LogP) is 12.5. The van der Waals surface area contributed by atoms with Gasteiger partial charge in [-0.15, -0.1) is 0 Å². The van der Waals surface area contributed by atoms with Crippen LogP contribution in [-0.2, 0) is 0 Å². The molecule has 3 nitrogen and oxygen atoms in total. The zero-order valence-electron chi connectivity index (χ0n) is 26.6. The summed E-state index contributed by atoms with van der Waals surface area (Å²) in [7, 11) is 0. The van der Waals surface area contributed by atoms with Gasteiger partial charge in [0.2, 0.25) is 0 Å². The van der Waals surface area contributed by atoms with Crippen LogP contribution in [0.4, 0.5) is 17.1 Å². The Hall–Kier alpha value is -6.58. The molecule has 3 aromatic heterocycles. The average Bonchev–Trinajstić information content (AvgIpc) is 3.80. The number of hydrogen-bond donors (Lipinski definition) is 0. The lowest BCUT2D eigenvalue weighted by Crippen LogP contribution is -2.11. The van der Waals surface area contributed by atoms with E-state index >= 15 is 0 Å². The average molecular weight is 624 g/mol. The molecule has 11 aromatic rings. The Bertz CT molecular complexity index is 3040. The van der Waals surface area contributed by atoms with Gasteiger partial charge < -0.3 is 4.90 Å². The normalized spacial score (nSPS) is 12.1. The predicted molar refractivity (Wildman–Crippen MR) is 207 cm³/mol. The van der Waals surface area contributed by atoms with Crippen molar-refractivity contribution in [2.24, 2.45) is 0 Å². The van der Waals surface area contributed by atoms with E-state index in [1.807, 2.05) is 0 Å². The van der Waals surface area contributed by atoms with Crippen LogP contribution in [0.1, 0.15) is 0 Å². The fourth-order valence-corrected chi connectivity index (χ4v) is 8.36. The third kappa shape index (κ3) is 3.62. The smallest absolute Gasteiger partial charge is 0.131 e. The lowest BCUT2D eigenvalue weighted by molar-refractivity contribution is 1.28. The van der Waals surface area contributed by atoms with E-state index in [2.05, 4.69) is 190 Å². The maximum absolute atomic E-state index is 2.47. The van der Waals surface area contributed by atoms with Crippen LogP contribution in [0.5, 0.6) is 0 Å². The van der Waals surface area contributed by atoms with E-state index < -0.39 is 0 Å². The molecule has 228 valence electrons. The topological polar surface area (TPSA) is 12.1 Å². The second-order valence-electron chi connectivity index (χ2n) is 13.0. The number of anilines is 3. The van der Waals surface area contributed by atoms with E-state index in [0.717, 1.165) is 17.1 Å². The first-order chi connectivity index (χ1) is 24.3. The molecule has 0 N–H and O–H groups in total. The summed E-state index contributed by atoms with van der Waals surface area (Å²) >= 11 is 0. The van der Waals surface area contributed by atoms with E-state index in [1.165, 1.54) is 76.5 Å². The van der Waals surface area contributed by atoms with Crippen molar-refractivity contribution in [3.8, 4) is 11.1 Å². The number of nitrogens with zero attached hydrogens (tertiary/aromatic N) is 3. The van der Waals surface area contributed by atoms with Gasteiger partial charge in [0.05, 0.1) is 33.4 Å². The highest BCUT2D eigenvalue weighted by molar-refractivity contribution is 6.28. The Kier molecular flexibility index (Phi) is 5.38. The van der Waals surface area contributed by atoms with Crippen molar-refractivity contribution in [2.75, 3.05) is 4.90 Å². The van der Waals surface area contributed by atoms with Crippen molar-refractivity contribution in [2.45, 2.75) is 0 Å². The van der Waals surface area contributed by atoms with Gasteiger partial charge in [-0.2, -0.15) is 0 Å². The molecule has 0 unspecified atom stereocenters. The highest BCUT2D eigenvalue weighted by atomic mass is 15.2. The molecule has 0 atom stereocenters. The van der Waals surface area contributed by atoms with Crippen molar-refractivity contribution in [3.05, 3.63) is 176 Å². The molecule has 0 bridgehead atoms. The molecule has 3 heterocycles. The molecule has 3 heteroatoms. The summed E-state index contributed by atoms with van der Waals surface area (Å²) in [4.78, 5) is 2.47. The van der Waals surface area contributed by atoms with Gasteiger partial charge in [0.1, 0.15) is 5.65 Å². The van der Waals surface area contributed by atoms with Gasteiger partial charge in [0, 0.05) is 27.2 Å². The number of benzene rings is 8. The van der Waals surface area contributed by atoms with Crippen LogP contribution in [0.15, 0.2) is 176 Å². The van der Waals surface area contributed by atoms with Crippen LogP contribution in [0, 0.1) is 0 Å². The Morgan fingerprint density at radius 2 is 0.878 bits per heavy atom. The third-order valence-electron chi connectivity index (χ3n) is 10.4. The lowest BCUT2D eigenvalue weighted by atomic mass is 9.98. The summed E-state index contributed by atoms with van der Waals surface area (Å²) in [5, 5.41) is 8.78. The number of imidazole rings is 1. The fraction of sp³-hybridized carbons (Fsp3) is 0. The van der Waals surface area contributed by atoms with Crippen LogP contribution in [0.2, 0.25) is 0 Å². The zero-order chi connectivity index (χ0) is 32.1. The molecule has 8 aromatic carbocycles. The molecule has 0 saturated heterocycles. The number of rotatable bonds is 4. The monoisotopic (exact) mass is 623 g/mol. The molecule has 0 radical (unpaired) electrons. The Balaban J connectivity index is 1.23. The van der Waals surface area contributed by atoms with Crippen LogP contribution in [0.25, 0.3) is 76.5 Å². The summed E-state index contributed by atoms with van der Waals surface area (Å²) in [5.41, 5.74) is 12.0. The number of aromatic nitrogens is 2. The molecular formula is C46H29N3. The van der Waals surface area contributed by atoms with Gasteiger partial charge in [-0.05, 0) is 75.8 Å². The van der Waals surface area contributed by atoms with Crippen molar-refractivity contribution in [3.63, 3.8) is 0 Å². The lowest BCUT2D eigenvalue weighted by Gasteiger charge is -2.28. The highest BCUT2D eigenvalue weighted by Gasteiger charge is 2.26. The first-order valence-electron chi connectivity index (χ1n) is 16.9. The summed E-state index contributed by atoms with van der Waals surface area (Å²) in [6, 6.07) is 64.1. The minimum Gasteiger partial charge on any atom is -0.309 e. The van der Waals surface area contributed by atoms with E-state index in [9.17, 15) is 0 Å². The van der Waals surface area contributed by atoms with E-state index in [-0.39, 0.29) is 0 Å². The van der Waals surface area contributed by atoms with Gasteiger partial charge in [0.15, 0.2) is 0 Å². The largest absolute Gasteiger partial charge is 0.309 e. The van der Waals surface area contributed by atoms with Crippen LogP contribution in [0.3, 0.4) is 0 Å². The highest BCUT2D eigenvalue weighted by Crippen LogP contribution is 2.48. The Labute approximate surface area is 282 Å². The van der Waals surface area contributed by atoms with Gasteiger partial charge >= 0.3 is 0 Å². The Morgan fingerprint density at radius 3 is 1.65 bits per heavy atom. The van der Waals surface area contributed by atoms with Crippen molar-refractivity contribution in [1.82, 2.24) is 8.80 Å². The van der Waals surface area contributed by atoms with Crippen LogP contribution < -0.4 is 4.90 Å². The minimum atomic E-state index is 1.12. The quantitative estimate of drug-likeness (QED) is 0.190. The second-order valence-corrected chi connectivity index (χ2v) is 13.0. The third-order valence-corrected chi connectivity index (χ3v) is 10.4. The minimum absolute atomic E-state index is 1.12. The second kappa shape index (κ2) is 9.96. The molecule has 0 amide bonds. The molecule has 11 rings (SSSR count). The van der Waals surface area contributed by atoms with Gasteiger partial charge in [-0.1, -0.05) is 127 Å². The molecule has 0 fully saturated rings. The van der Waals surface area contributed by atoms with Gasteiger partial charge in [-0.25, -0.2) is 0 Å². The molecule has 49 heavy (non-hydrogen) atoms. The SMILES string of the molecule is c1ccc2c(-c3ccc(N(c4cccc5ccccc45)c4cccc5c4c4c6ccccc6n6c7ccccc7n5c46)cc3)cccc2c1. The molecular weight excluding hydrogens is 595 g/mol. The van der Waals surface area contributed by atoms with Gasteiger partial charge in [-0.3, -0.25) is 8.80 Å². The van der Waals surface area contributed by atoms with E-state index in [1.54, 1.807) is 0 Å². The maximum Gasteiger partial charge on any atom is 0.131 e. The molecule has 0 aliphatic rings. The van der Waals surface area contributed by atoms with E-state index in [4.69, 9.17) is 0 Å². The van der Waals surface area contributed by atoms with E-state index in [0.29, 0.717) is 0 Å². The first kappa shape index (κ1) is 26.5. The number of fused-ring (bicyclic) bond motifs is 11. The molecule has 0 saturated carbocycles. The van der Waals surface area contributed by atoms with Crippen molar-refractivity contribution >= 4 is 82.5 Å². The van der Waals surface area contributed by atoms with Crippen molar-refractivity contribution in [1.29, 1.82) is 0 Å².